The number of hydrogen-bond donors (Lipinski definition) is 1. The van der Waals surface area contributed by atoms with Crippen molar-refractivity contribution in [3.05, 3.63) is 41.6 Å². The van der Waals surface area contributed by atoms with E-state index < -0.39 is 0 Å². The zero-order valence-electron chi connectivity index (χ0n) is 12.8. The van der Waals surface area contributed by atoms with Crippen molar-refractivity contribution < 1.29 is 0 Å². The first-order valence-electron chi connectivity index (χ1n) is 7.11. The van der Waals surface area contributed by atoms with Crippen molar-refractivity contribution >= 4 is 5.82 Å². The number of aryl methyl sites for hydroxylation is 1. The van der Waals surface area contributed by atoms with E-state index in [0.717, 1.165) is 30.0 Å². The van der Waals surface area contributed by atoms with Gasteiger partial charge in [-0.25, -0.2) is 4.68 Å². The van der Waals surface area contributed by atoms with Crippen molar-refractivity contribution in [3.63, 3.8) is 0 Å². The molecule has 0 saturated heterocycles. The van der Waals surface area contributed by atoms with E-state index >= 15 is 0 Å². The summed E-state index contributed by atoms with van der Waals surface area (Å²) >= 11 is 0. The van der Waals surface area contributed by atoms with Gasteiger partial charge in [-0.15, -0.1) is 0 Å². The lowest BCUT2D eigenvalue weighted by Gasteiger charge is -2.18. The third-order valence-corrected chi connectivity index (χ3v) is 3.57. The predicted octanol–water partition coefficient (Wildman–Crippen LogP) is 2.53. The molecular weight excluding hydrogens is 248 g/mol. The van der Waals surface area contributed by atoms with Crippen LogP contribution in [0.5, 0.6) is 0 Å². The highest BCUT2D eigenvalue weighted by atomic mass is 15.4. The predicted molar refractivity (Wildman–Crippen MR) is 84.6 cm³/mol. The van der Waals surface area contributed by atoms with Crippen LogP contribution in [0.1, 0.15) is 24.6 Å². The molecule has 20 heavy (non-hydrogen) atoms. The van der Waals surface area contributed by atoms with Crippen LogP contribution in [0, 0.1) is 6.92 Å². The zero-order chi connectivity index (χ0) is 14.7. The van der Waals surface area contributed by atoms with Crippen LogP contribution in [0.25, 0.3) is 5.69 Å². The molecule has 0 saturated carbocycles. The standard InChI is InChI=1S/C16H24N4/c1-5-13(17)11-15-12(2)18-20(16(15)19(3)4)14-9-7-6-8-10-14/h6-10,13H,5,11,17H2,1-4H3. The molecule has 1 aromatic heterocycles. The number of benzene rings is 1. The molecule has 1 aromatic carbocycles. The lowest BCUT2D eigenvalue weighted by atomic mass is 10.0. The van der Waals surface area contributed by atoms with Crippen LogP contribution in [0.15, 0.2) is 30.3 Å². The van der Waals surface area contributed by atoms with E-state index in [1.807, 2.05) is 22.9 Å². The SMILES string of the molecule is CCC(N)Cc1c(C)nn(-c2ccccc2)c1N(C)C. The third-order valence-electron chi connectivity index (χ3n) is 3.57. The molecule has 0 fully saturated rings. The summed E-state index contributed by atoms with van der Waals surface area (Å²) in [5, 5.41) is 4.71. The molecule has 0 bridgehead atoms. The number of nitrogens with zero attached hydrogens (tertiary/aromatic N) is 3. The molecular formula is C16H24N4. The average Bonchev–Trinajstić information content (AvgIpc) is 2.77. The van der Waals surface area contributed by atoms with Crippen LogP contribution in [0.4, 0.5) is 5.82 Å². The third kappa shape index (κ3) is 2.85. The van der Waals surface area contributed by atoms with Crippen LogP contribution in [-0.4, -0.2) is 29.9 Å². The van der Waals surface area contributed by atoms with Gasteiger partial charge in [-0.3, -0.25) is 0 Å². The summed E-state index contributed by atoms with van der Waals surface area (Å²) in [5.41, 5.74) is 9.52. The fourth-order valence-corrected chi connectivity index (χ4v) is 2.40. The summed E-state index contributed by atoms with van der Waals surface area (Å²) < 4.78 is 2.01. The fraction of sp³-hybridized carbons (Fsp3) is 0.438. The van der Waals surface area contributed by atoms with Crippen LogP contribution in [0.3, 0.4) is 0 Å². The summed E-state index contributed by atoms with van der Waals surface area (Å²) in [6, 6.07) is 10.4. The Bertz CT molecular complexity index is 557. The van der Waals surface area contributed by atoms with Crippen LogP contribution >= 0.6 is 0 Å². The Morgan fingerprint density at radius 3 is 2.45 bits per heavy atom. The van der Waals surface area contributed by atoms with E-state index in [1.54, 1.807) is 0 Å². The second-order valence-electron chi connectivity index (χ2n) is 5.40. The molecule has 1 unspecified atom stereocenters. The molecule has 0 aliphatic rings. The Labute approximate surface area is 121 Å². The first-order valence-corrected chi connectivity index (χ1v) is 7.11. The van der Waals surface area contributed by atoms with Gasteiger partial charge < -0.3 is 10.6 Å². The summed E-state index contributed by atoms with van der Waals surface area (Å²) in [6.07, 6.45) is 1.84. The van der Waals surface area contributed by atoms with E-state index in [9.17, 15) is 0 Å². The minimum absolute atomic E-state index is 0.181. The number of anilines is 1. The quantitative estimate of drug-likeness (QED) is 0.910. The van der Waals surface area contributed by atoms with Gasteiger partial charge in [0.05, 0.1) is 11.4 Å². The van der Waals surface area contributed by atoms with Crippen LogP contribution in [-0.2, 0) is 6.42 Å². The van der Waals surface area contributed by atoms with Crippen molar-refractivity contribution in [1.29, 1.82) is 0 Å². The van der Waals surface area contributed by atoms with Gasteiger partial charge in [0.1, 0.15) is 5.82 Å². The van der Waals surface area contributed by atoms with E-state index in [4.69, 9.17) is 10.8 Å². The first-order chi connectivity index (χ1) is 9.54. The number of hydrogen-bond acceptors (Lipinski definition) is 3. The van der Waals surface area contributed by atoms with Gasteiger partial charge in [0, 0.05) is 25.7 Å². The first kappa shape index (κ1) is 14.6. The molecule has 0 aliphatic heterocycles. The average molecular weight is 272 g/mol. The highest BCUT2D eigenvalue weighted by Crippen LogP contribution is 2.27. The number of rotatable bonds is 5. The molecule has 2 N–H and O–H groups in total. The fourth-order valence-electron chi connectivity index (χ4n) is 2.40. The number of aromatic nitrogens is 2. The van der Waals surface area contributed by atoms with Gasteiger partial charge in [0.25, 0.3) is 0 Å². The van der Waals surface area contributed by atoms with Gasteiger partial charge in [0.15, 0.2) is 0 Å². The Hall–Kier alpha value is -1.81. The molecule has 2 aromatic rings. The molecule has 1 heterocycles. The highest BCUT2D eigenvalue weighted by Gasteiger charge is 2.19. The maximum Gasteiger partial charge on any atom is 0.135 e. The van der Waals surface area contributed by atoms with Crippen molar-refractivity contribution in [3.8, 4) is 5.69 Å². The van der Waals surface area contributed by atoms with Crippen LogP contribution in [0.2, 0.25) is 0 Å². The minimum atomic E-state index is 0.181. The van der Waals surface area contributed by atoms with Crippen LogP contribution < -0.4 is 10.6 Å². The largest absolute Gasteiger partial charge is 0.362 e. The van der Waals surface area contributed by atoms with Crippen molar-refractivity contribution in [1.82, 2.24) is 9.78 Å². The maximum absolute atomic E-state index is 6.14. The van der Waals surface area contributed by atoms with Crippen molar-refractivity contribution in [2.45, 2.75) is 32.7 Å². The van der Waals surface area contributed by atoms with Gasteiger partial charge >= 0.3 is 0 Å². The summed E-state index contributed by atoms with van der Waals surface area (Å²) in [5.74, 6) is 1.12. The van der Waals surface area contributed by atoms with E-state index in [2.05, 4.69) is 45.0 Å². The number of nitrogens with two attached hydrogens (primary N) is 1. The molecule has 1 atom stereocenters. The lowest BCUT2D eigenvalue weighted by molar-refractivity contribution is 0.644. The minimum Gasteiger partial charge on any atom is -0.362 e. The van der Waals surface area contributed by atoms with Gasteiger partial charge in [0.2, 0.25) is 0 Å². The Morgan fingerprint density at radius 2 is 1.90 bits per heavy atom. The lowest BCUT2D eigenvalue weighted by Crippen LogP contribution is -2.23. The van der Waals surface area contributed by atoms with E-state index in [1.165, 1.54) is 5.56 Å². The van der Waals surface area contributed by atoms with E-state index in [0.29, 0.717) is 0 Å². The molecule has 0 radical (unpaired) electrons. The second-order valence-corrected chi connectivity index (χ2v) is 5.40. The van der Waals surface area contributed by atoms with Gasteiger partial charge in [-0.05, 0) is 31.9 Å². The maximum atomic E-state index is 6.14. The normalized spacial score (nSPS) is 12.4. The molecule has 4 heteroatoms. The summed E-state index contributed by atoms with van der Waals surface area (Å²) in [7, 11) is 4.10. The molecule has 108 valence electrons. The summed E-state index contributed by atoms with van der Waals surface area (Å²) in [4.78, 5) is 2.12. The monoisotopic (exact) mass is 272 g/mol. The molecule has 0 amide bonds. The highest BCUT2D eigenvalue weighted by molar-refractivity contribution is 5.54. The topological polar surface area (TPSA) is 47.1 Å². The van der Waals surface area contributed by atoms with Gasteiger partial charge in [-0.1, -0.05) is 25.1 Å². The molecule has 0 aliphatic carbocycles. The molecule has 4 nitrogen and oxygen atoms in total. The Morgan fingerprint density at radius 1 is 1.25 bits per heavy atom. The van der Waals surface area contributed by atoms with Crippen molar-refractivity contribution in [2.24, 2.45) is 5.73 Å². The van der Waals surface area contributed by atoms with Crippen molar-refractivity contribution in [2.75, 3.05) is 19.0 Å². The number of para-hydroxylation sites is 1. The molecule has 0 spiro atoms. The molecule has 2 rings (SSSR count). The Kier molecular flexibility index (Phi) is 4.45. The smallest absolute Gasteiger partial charge is 0.135 e. The zero-order valence-corrected chi connectivity index (χ0v) is 12.8. The summed E-state index contributed by atoms with van der Waals surface area (Å²) in [6.45, 7) is 4.18. The Balaban J connectivity index is 2.51. The van der Waals surface area contributed by atoms with Gasteiger partial charge in [-0.2, -0.15) is 5.10 Å². The van der Waals surface area contributed by atoms with E-state index in [-0.39, 0.29) is 6.04 Å². The second kappa shape index (κ2) is 6.09.